The predicted molar refractivity (Wildman–Crippen MR) is 88.0 cm³/mol. The van der Waals surface area contributed by atoms with Gasteiger partial charge in [-0.15, -0.1) is 0 Å². The Morgan fingerprint density at radius 3 is 1.77 bits per heavy atom. The molecule has 1 rings (SSSR count). The van der Waals surface area contributed by atoms with Crippen LogP contribution in [0.4, 0.5) is 0 Å². The molecule has 1 heterocycles. The molecule has 0 aliphatic carbocycles. The number of rotatable bonds is 9. The lowest BCUT2D eigenvalue weighted by Crippen LogP contribution is -2.12. The maximum absolute atomic E-state index is 10.8. The predicted octanol–water partition coefficient (Wildman–Crippen LogP) is 4.01. The van der Waals surface area contributed by atoms with Crippen LogP contribution in [0.25, 0.3) is 0 Å². The maximum atomic E-state index is 10.8. The molecule has 1 aromatic rings. The van der Waals surface area contributed by atoms with Crippen molar-refractivity contribution >= 4 is 15.2 Å². The van der Waals surface area contributed by atoms with Gasteiger partial charge in [-0.3, -0.25) is 14.3 Å². The number of pyridine rings is 1. The Bertz CT molecular complexity index is 447. The molecule has 0 aliphatic rings. The number of carbonyl (C=O) groups excluding carboxylic acids is 1. The van der Waals surface area contributed by atoms with Gasteiger partial charge >= 0.3 is 10.1 Å². The normalized spacial score (nSPS) is 10.6. The van der Waals surface area contributed by atoms with Crippen LogP contribution < -0.4 is 0 Å². The molecule has 0 bridgehead atoms. The summed E-state index contributed by atoms with van der Waals surface area (Å²) in [6.07, 6.45) is 12.0. The number of unbranched alkanes of at least 4 members (excludes halogenated alkanes) is 7. The van der Waals surface area contributed by atoms with Crippen molar-refractivity contribution in [2.75, 3.05) is 0 Å². The van der Waals surface area contributed by atoms with E-state index in [4.69, 9.17) is 4.55 Å². The van der Waals surface area contributed by atoms with Gasteiger partial charge in [0, 0.05) is 18.8 Å². The van der Waals surface area contributed by atoms with Crippen LogP contribution in [0.1, 0.15) is 64.7 Å². The third kappa shape index (κ3) is 13.7. The second-order valence-corrected chi connectivity index (χ2v) is 6.50. The molecule has 0 saturated carbocycles. The molecule has 0 amide bonds. The van der Waals surface area contributed by atoms with Crippen LogP contribution in [0.3, 0.4) is 0 Å². The van der Waals surface area contributed by atoms with E-state index in [1.807, 2.05) is 18.2 Å². The SMILES string of the molecule is CCCCCCCCCCC(=O)S(=O)(=O)O.c1ccncc1. The van der Waals surface area contributed by atoms with Crippen molar-refractivity contribution in [1.29, 1.82) is 0 Å². The average molecular weight is 329 g/mol. The Morgan fingerprint density at radius 1 is 0.909 bits per heavy atom. The van der Waals surface area contributed by atoms with Gasteiger partial charge in [0.25, 0.3) is 5.12 Å². The van der Waals surface area contributed by atoms with E-state index in [2.05, 4.69) is 11.9 Å². The Labute approximate surface area is 133 Å². The first-order valence-corrected chi connectivity index (χ1v) is 9.27. The van der Waals surface area contributed by atoms with Crippen LogP contribution in [-0.4, -0.2) is 23.1 Å². The summed E-state index contributed by atoms with van der Waals surface area (Å²) >= 11 is 0. The van der Waals surface area contributed by atoms with E-state index in [1.165, 1.54) is 25.7 Å². The third-order valence-corrected chi connectivity index (χ3v) is 3.87. The van der Waals surface area contributed by atoms with Gasteiger partial charge in [0.2, 0.25) is 0 Å². The zero-order valence-electron chi connectivity index (χ0n) is 13.3. The molecule has 0 aromatic carbocycles. The summed E-state index contributed by atoms with van der Waals surface area (Å²) in [7, 11) is -4.45. The van der Waals surface area contributed by atoms with E-state index in [9.17, 15) is 13.2 Å². The van der Waals surface area contributed by atoms with Crippen LogP contribution in [0.2, 0.25) is 0 Å². The van der Waals surface area contributed by atoms with Crippen LogP contribution in [0.15, 0.2) is 30.6 Å². The number of hydrogen-bond donors (Lipinski definition) is 1. The van der Waals surface area contributed by atoms with Gasteiger partial charge in [0.05, 0.1) is 0 Å². The molecular weight excluding hydrogens is 302 g/mol. The molecule has 0 aliphatic heterocycles. The molecule has 5 nitrogen and oxygen atoms in total. The molecule has 0 unspecified atom stereocenters. The van der Waals surface area contributed by atoms with Gasteiger partial charge in [-0.1, -0.05) is 57.9 Å². The highest BCUT2D eigenvalue weighted by atomic mass is 32.2. The summed E-state index contributed by atoms with van der Waals surface area (Å²) in [6, 6.07) is 5.72. The van der Waals surface area contributed by atoms with E-state index in [-0.39, 0.29) is 6.42 Å². The highest BCUT2D eigenvalue weighted by Gasteiger charge is 2.16. The van der Waals surface area contributed by atoms with Gasteiger partial charge in [-0.25, -0.2) is 0 Å². The van der Waals surface area contributed by atoms with Crippen molar-refractivity contribution in [2.45, 2.75) is 64.7 Å². The zero-order valence-corrected chi connectivity index (χ0v) is 14.1. The van der Waals surface area contributed by atoms with Gasteiger partial charge in [0.15, 0.2) is 0 Å². The summed E-state index contributed by atoms with van der Waals surface area (Å²) in [6.45, 7) is 2.17. The quantitative estimate of drug-likeness (QED) is 0.546. The van der Waals surface area contributed by atoms with Crippen molar-refractivity contribution < 1.29 is 17.8 Å². The number of nitrogens with zero attached hydrogens (tertiary/aromatic N) is 1. The van der Waals surface area contributed by atoms with Gasteiger partial charge in [-0.2, -0.15) is 8.42 Å². The Morgan fingerprint density at radius 2 is 1.41 bits per heavy atom. The molecule has 6 heteroatoms. The van der Waals surface area contributed by atoms with E-state index < -0.39 is 15.2 Å². The van der Waals surface area contributed by atoms with Crippen LogP contribution in [0.5, 0.6) is 0 Å². The largest absolute Gasteiger partial charge is 0.328 e. The first-order chi connectivity index (χ1) is 10.5. The van der Waals surface area contributed by atoms with Gasteiger partial charge < -0.3 is 0 Å². The average Bonchev–Trinajstić information content (AvgIpc) is 2.51. The Kier molecular flexibility index (Phi) is 12.6. The minimum Gasteiger partial charge on any atom is -0.280 e. The van der Waals surface area contributed by atoms with Gasteiger partial charge in [0.1, 0.15) is 0 Å². The molecule has 0 radical (unpaired) electrons. The number of carbonyl (C=O) groups is 1. The van der Waals surface area contributed by atoms with E-state index >= 15 is 0 Å². The molecule has 0 saturated heterocycles. The number of hydrogen-bond acceptors (Lipinski definition) is 4. The first kappa shape index (κ1) is 20.7. The lowest BCUT2D eigenvalue weighted by atomic mass is 10.1. The third-order valence-electron chi connectivity index (χ3n) is 3.09. The summed E-state index contributed by atoms with van der Waals surface area (Å²) in [5.74, 6) is 0. The van der Waals surface area contributed by atoms with Crippen LogP contribution in [-0.2, 0) is 14.9 Å². The summed E-state index contributed by atoms with van der Waals surface area (Å²) in [5, 5.41) is -1.06. The van der Waals surface area contributed by atoms with Crippen LogP contribution >= 0.6 is 0 Å². The number of aromatic nitrogens is 1. The fourth-order valence-corrected chi connectivity index (χ4v) is 2.25. The molecule has 1 aromatic heterocycles. The lowest BCUT2D eigenvalue weighted by molar-refractivity contribution is -0.112. The van der Waals surface area contributed by atoms with E-state index in [0.717, 1.165) is 19.3 Å². The van der Waals surface area contributed by atoms with Crippen molar-refractivity contribution in [2.24, 2.45) is 0 Å². The second-order valence-electron chi connectivity index (χ2n) is 5.10. The topological polar surface area (TPSA) is 84.3 Å². The highest BCUT2D eigenvalue weighted by Crippen LogP contribution is 2.10. The molecular formula is C16H27NO4S. The summed E-state index contributed by atoms with van der Waals surface area (Å²) in [4.78, 5) is 14.6. The van der Waals surface area contributed by atoms with E-state index in [0.29, 0.717) is 6.42 Å². The van der Waals surface area contributed by atoms with Crippen molar-refractivity contribution in [1.82, 2.24) is 4.98 Å². The second kappa shape index (κ2) is 13.4. The fraction of sp³-hybridized carbons (Fsp3) is 0.625. The minimum atomic E-state index is -4.45. The molecule has 0 spiro atoms. The first-order valence-electron chi connectivity index (χ1n) is 7.83. The van der Waals surface area contributed by atoms with Crippen LogP contribution in [0, 0.1) is 0 Å². The Hall–Kier alpha value is -1.27. The summed E-state index contributed by atoms with van der Waals surface area (Å²) < 4.78 is 29.2. The molecule has 22 heavy (non-hydrogen) atoms. The Balaban J connectivity index is 0.000000604. The highest BCUT2D eigenvalue weighted by molar-refractivity contribution is 8.01. The molecule has 0 atom stereocenters. The molecule has 1 N–H and O–H groups in total. The minimum absolute atomic E-state index is 0.0617. The summed E-state index contributed by atoms with van der Waals surface area (Å²) in [5.41, 5.74) is 0. The van der Waals surface area contributed by atoms with Crippen molar-refractivity contribution in [3.63, 3.8) is 0 Å². The van der Waals surface area contributed by atoms with Crippen molar-refractivity contribution in [3.05, 3.63) is 30.6 Å². The maximum Gasteiger partial charge on any atom is 0.328 e. The zero-order chi connectivity index (χ0) is 16.7. The lowest BCUT2D eigenvalue weighted by Gasteiger charge is -2.00. The van der Waals surface area contributed by atoms with E-state index in [1.54, 1.807) is 12.4 Å². The fourth-order valence-electron chi connectivity index (χ4n) is 1.84. The smallest absolute Gasteiger partial charge is 0.280 e. The monoisotopic (exact) mass is 329 g/mol. The van der Waals surface area contributed by atoms with Gasteiger partial charge in [-0.05, 0) is 18.6 Å². The van der Waals surface area contributed by atoms with Crippen molar-refractivity contribution in [3.8, 4) is 0 Å². The standard InChI is InChI=1S/C11H22O4S.C5H5N/c1-2-3-4-5-6-7-8-9-10-11(12)16(13,14)15;1-2-4-6-5-3-1/h2-10H2,1H3,(H,13,14,15);1-5H. The molecule has 126 valence electrons. The molecule has 0 fully saturated rings.